The molecule has 1 amide bonds. The quantitative estimate of drug-likeness (QED) is 0.380. The van der Waals surface area contributed by atoms with E-state index in [2.05, 4.69) is 29.1 Å². The van der Waals surface area contributed by atoms with Gasteiger partial charge < -0.3 is 26.2 Å². The smallest absolute Gasteiger partial charge is 0.259 e. The third-order valence-electron chi connectivity index (χ3n) is 5.86. The van der Waals surface area contributed by atoms with Gasteiger partial charge in [0.1, 0.15) is 11.4 Å². The molecule has 1 aliphatic rings. The summed E-state index contributed by atoms with van der Waals surface area (Å²) in [6, 6.07) is 8.29. The summed E-state index contributed by atoms with van der Waals surface area (Å²) in [4.78, 5) is 25.9. The van der Waals surface area contributed by atoms with Crippen LogP contribution in [0.2, 0.25) is 0 Å². The maximum absolute atomic E-state index is 13.4. The summed E-state index contributed by atoms with van der Waals surface area (Å²) in [7, 11) is 0. The minimum atomic E-state index is -0.0800. The first-order valence-electron chi connectivity index (χ1n) is 11.7. The highest BCUT2D eigenvalue weighted by Gasteiger charge is 2.30. The topological polar surface area (TPSA) is 128 Å². The Morgan fingerprint density at radius 1 is 1.15 bits per heavy atom. The summed E-state index contributed by atoms with van der Waals surface area (Å²) in [5.74, 6) is 0.633. The van der Waals surface area contributed by atoms with E-state index in [1.54, 1.807) is 0 Å². The number of hydrogen-bond donors (Lipinski definition) is 4. The van der Waals surface area contributed by atoms with Gasteiger partial charge in [0.25, 0.3) is 5.91 Å². The Morgan fingerprint density at radius 3 is 2.45 bits per heavy atom. The number of benzene rings is 1. The van der Waals surface area contributed by atoms with Crippen molar-refractivity contribution in [3.63, 3.8) is 0 Å². The summed E-state index contributed by atoms with van der Waals surface area (Å²) in [6.07, 6.45) is 2.64. The highest BCUT2D eigenvalue weighted by atomic mass is 16.3. The molecule has 1 aromatic carbocycles. The standard InChI is InChI=1S/C24H36N6O3/c1-3-4-17(2)26-22-21-20(27-24(25)28-22)9-10-30(23(21)33)16-19-7-5-18(6-8-19)15-29(11-13-31)12-14-32/h5-8,17,31-32H,3-4,9-16H2,1-2H3,(H3,25,26,27,28). The van der Waals surface area contributed by atoms with E-state index in [-0.39, 0.29) is 31.1 Å². The molecule has 0 fully saturated rings. The average Bonchev–Trinajstić information content (AvgIpc) is 2.77. The van der Waals surface area contributed by atoms with Crippen LogP contribution in [-0.4, -0.2) is 74.8 Å². The Morgan fingerprint density at radius 2 is 1.82 bits per heavy atom. The molecule has 5 N–H and O–H groups in total. The van der Waals surface area contributed by atoms with E-state index < -0.39 is 0 Å². The molecule has 3 rings (SSSR count). The molecule has 1 unspecified atom stereocenters. The molecule has 9 heteroatoms. The number of hydrogen-bond acceptors (Lipinski definition) is 8. The fraction of sp³-hybridized carbons (Fsp3) is 0.542. The van der Waals surface area contributed by atoms with Crippen molar-refractivity contribution < 1.29 is 15.0 Å². The first-order chi connectivity index (χ1) is 15.9. The first kappa shape index (κ1) is 24.9. The number of rotatable bonds is 12. The van der Waals surface area contributed by atoms with Crippen LogP contribution in [0.4, 0.5) is 11.8 Å². The molecule has 2 heterocycles. The van der Waals surface area contributed by atoms with E-state index in [1.165, 1.54) is 0 Å². The monoisotopic (exact) mass is 456 g/mol. The van der Waals surface area contributed by atoms with Gasteiger partial charge in [-0.3, -0.25) is 9.69 Å². The van der Waals surface area contributed by atoms with Gasteiger partial charge in [-0.15, -0.1) is 0 Å². The van der Waals surface area contributed by atoms with Crippen molar-refractivity contribution in [3.05, 3.63) is 46.6 Å². The zero-order valence-electron chi connectivity index (χ0n) is 19.6. The number of amides is 1. The number of carbonyl (C=O) groups excluding carboxylic acids is 1. The van der Waals surface area contributed by atoms with Crippen LogP contribution in [0.1, 0.15) is 53.9 Å². The lowest BCUT2D eigenvalue weighted by Crippen LogP contribution is -2.39. The predicted octanol–water partition coefficient (Wildman–Crippen LogP) is 1.64. The molecule has 33 heavy (non-hydrogen) atoms. The van der Waals surface area contributed by atoms with Gasteiger partial charge in [-0.05, 0) is 24.5 Å². The second-order valence-electron chi connectivity index (χ2n) is 8.60. The van der Waals surface area contributed by atoms with Crippen LogP contribution in [0.5, 0.6) is 0 Å². The second-order valence-corrected chi connectivity index (χ2v) is 8.60. The number of aliphatic hydroxyl groups excluding tert-OH is 2. The van der Waals surface area contributed by atoms with Crippen molar-refractivity contribution >= 4 is 17.7 Å². The third-order valence-corrected chi connectivity index (χ3v) is 5.86. The number of carbonyl (C=O) groups is 1. The van der Waals surface area contributed by atoms with E-state index in [9.17, 15) is 15.0 Å². The number of nitrogen functional groups attached to an aromatic ring is 1. The molecule has 0 aliphatic carbocycles. The Bertz CT molecular complexity index is 915. The predicted molar refractivity (Wildman–Crippen MR) is 129 cm³/mol. The molecule has 9 nitrogen and oxygen atoms in total. The van der Waals surface area contributed by atoms with Crippen LogP contribution in [0.3, 0.4) is 0 Å². The van der Waals surface area contributed by atoms with Crippen LogP contribution < -0.4 is 11.1 Å². The van der Waals surface area contributed by atoms with Gasteiger partial charge in [0.2, 0.25) is 5.95 Å². The second kappa shape index (κ2) is 11.9. The summed E-state index contributed by atoms with van der Waals surface area (Å²) in [5.41, 5.74) is 9.27. The van der Waals surface area contributed by atoms with E-state index >= 15 is 0 Å². The summed E-state index contributed by atoms with van der Waals surface area (Å²) in [6.45, 7) is 7.08. The Hall–Kier alpha value is -2.75. The number of nitrogens with one attached hydrogen (secondary N) is 1. The van der Waals surface area contributed by atoms with E-state index in [1.807, 2.05) is 34.1 Å². The fourth-order valence-electron chi connectivity index (χ4n) is 4.21. The van der Waals surface area contributed by atoms with Gasteiger partial charge >= 0.3 is 0 Å². The number of nitrogens with two attached hydrogens (primary N) is 1. The zero-order chi connectivity index (χ0) is 23.8. The van der Waals surface area contributed by atoms with Crippen molar-refractivity contribution in [1.82, 2.24) is 19.8 Å². The number of aliphatic hydroxyl groups is 2. The molecule has 2 aromatic rings. The van der Waals surface area contributed by atoms with Gasteiger partial charge in [0.15, 0.2) is 0 Å². The summed E-state index contributed by atoms with van der Waals surface area (Å²) >= 11 is 0. The minimum Gasteiger partial charge on any atom is -0.395 e. The molecule has 0 saturated carbocycles. The molecule has 1 aliphatic heterocycles. The highest BCUT2D eigenvalue weighted by Crippen LogP contribution is 2.26. The molecule has 0 saturated heterocycles. The molecule has 0 spiro atoms. The van der Waals surface area contributed by atoms with Crippen LogP contribution in [0, 0.1) is 0 Å². The normalized spacial score (nSPS) is 14.5. The Kier molecular flexibility index (Phi) is 8.99. The largest absolute Gasteiger partial charge is 0.395 e. The summed E-state index contributed by atoms with van der Waals surface area (Å²) < 4.78 is 0. The SMILES string of the molecule is CCCC(C)Nc1nc(N)nc2c1C(=O)N(Cc1ccc(CN(CCO)CCO)cc1)CC2. The van der Waals surface area contributed by atoms with Crippen molar-refractivity contribution in [1.29, 1.82) is 0 Å². The van der Waals surface area contributed by atoms with Crippen molar-refractivity contribution in [2.75, 3.05) is 43.9 Å². The third kappa shape index (κ3) is 6.63. The lowest BCUT2D eigenvalue weighted by atomic mass is 10.0. The highest BCUT2D eigenvalue weighted by molar-refractivity contribution is 6.01. The maximum Gasteiger partial charge on any atom is 0.259 e. The van der Waals surface area contributed by atoms with Crippen molar-refractivity contribution in [2.24, 2.45) is 0 Å². The molecular formula is C24H36N6O3. The van der Waals surface area contributed by atoms with Crippen molar-refractivity contribution in [2.45, 2.75) is 52.2 Å². The lowest BCUT2D eigenvalue weighted by molar-refractivity contribution is 0.0726. The van der Waals surface area contributed by atoms with Crippen LogP contribution in [0.25, 0.3) is 0 Å². The maximum atomic E-state index is 13.4. The molecule has 1 aromatic heterocycles. The number of aromatic nitrogens is 2. The number of nitrogens with zero attached hydrogens (tertiary/aromatic N) is 4. The van der Waals surface area contributed by atoms with Crippen LogP contribution in [-0.2, 0) is 19.5 Å². The van der Waals surface area contributed by atoms with Crippen molar-refractivity contribution in [3.8, 4) is 0 Å². The Labute approximate surface area is 195 Å². The van der Waals surface area contributed by atoms with E-state index in [0.29, 0.717) is 56.2 Å². The van der Waals surface area contributed by atoms with E-state index in [0.717, 1.165) is 24.0 Å². The van der Waals surface area contributed by atoms with E-state index in [4.69, 9.17) is 5.73 Å². The minimum absolute atomic E-state index is 0.0556. The first-order valence-corrected chi connectivity index (χ1v) is 11.7. The average molecular weight is 457 g/mol. The molecule has 1 atom stereocenters. The van der Waals surface area contributed by atoms with Gasteiger partial charge in [0.05, 0.1) is 18.9 Å². The molecule has 0 radical (unpaired) electrons. The molecule has 180 valence electrons. The fourth-order valence-corrected chi connectivity index (χ4v) is 4.21. The summed E-state index contributed by atoms with van der Waals surface area (Å²) in [5, 5.41) is 21.7. The van der Waals surface area contributed by atoms with Crippen LogP contribution >= 0.6 is 0 Å². The number of fused-ring (bicyclic) bond motifs is 1. The van der Waals surface area contributed by atoms with Gasteiger partial charge in [-0.1, -0.05) is 37.6 Å². The molecular weight excluding hydrogens is 420 g/mol. The van der Waals surface area contributed by atoms with Gasteiger partial charge in [-0.2, -0.15) is 4.98 Å². The zero-order valence-corrected chi connectivity index (χ0v) is 19.6. The van der Waals surface area contributed by atoms with Crippen LogP contribution in [0.15, 0.2) is 24.3 Å². The Balaban J connectivity index is 1.71. The lowest BCUT2D eigenvalue weighted by Gasteiger charge is -2.30. The van der Waals surface area contributed by atoms with Gasteiger partial charge in [0, 0.05) is 45.2 Å². The van der Waals surface area contributed by atoms with Gasteiger partial charge in [-0.25, -0.2) is 4.98 Å². The number of anilines is 2. The molecule has 0 bridgehead atoms.